The first-order valence-electron chi connectivity index (χ1n) is 10.0. The maximum atomic E-state index is 12.9. The molecule has 2 aromatic heterocycles. The molecule has 1 spiro atoms. The zero-order valence-electron chi connectivity index (χ0n) is 17.4. The van der Waals surface area contributed by atoms with Gasteiger partial charge in [-0.05, 0) is 45.6 Å². The van der Waals surface area contributed by atoms with Crippen molar-refractivity contribution in [2.45, 2.75) is 58.9 Å². The van der Waals surface area contributed by atoms with E-state index in [1.165, 1.54) is 11.3 Å². The van der Waals surface area contributed by atoms with Gasteiger partial charge in [0.25, 0.3) is 5.91 Å². The molecule has 1 amide bonds. The third-order valence-electron chi connectivity index (χ3n) is 6.20. The first kappa shape index (κ1) is 19.5. The second kappa shape index (κ2) is 7.22. The van der Waals surface area contributed by atoms with Gasteiger partial charge in [-0.25, -0.2) is 4.98 Å². The van der Waals surface area contributed by atoms with Crippen LogP contribution in [0.2, 0.25) is 0 Å². The predicted molar refractivity (Wildman–Crippen MR) is 108 cm³/mol. The van der Waals surface area contributed by atoms with Crippen molar-refractivity contribution in [3.8, 4) is 0 Å². The van der Waals surface area contributed by atoms with Crippen LogP contribution in [0.1, 0.15) is 77.2 Å². The summed E-state index contributed by atoms with van der Waals surface area (Å²) in [5.41, 5.74) is 1.08. The molecule has 2 aliphatic heterocycles. The Bertz CT molecular complexity index is 866. The van der Waals surface area contributed by atoms with Crippen molar-refractivity contribution in [2.75, 3.05) is 26.7 Å². The topological polar surface area (TPSA) is 75.4 Å². The van der Waals surface area contributed by atoms with E-state index in [9.17, 15) is 4.79 Å². The maximum absolute atomic E-state index is 12.9. The molecule has 0 aliphatic carbocycles. The standard InChI is InChI=1S/C20H29N5O2S/c1-12(2)18-22-17(23-27-18)15-10-20(11-24(15)5)6-8-25(9-7-20)19(26)16-13(3)21-14(4)28-16/h12,15H,6-11H2,1-5H3. The van der Waals surface area contributed by atoms with Crippen LogP contribution in [0, 0.1) is 19.3 Å². The molecule has 0 saturated carbocycles. The van der Waals surface area contributed by atoms with Gasteiger partial charge in [0.05, 0.1) is 16.7 Å². The van der Waals surface area contributed by atoms with Gasteiger partial charge < -0.3 is 9.42 Å². The highest BCUT2D eigenvalue weighted by Gasteiger charge is 2.46. The molecular formula is C20H29N5O2S. The summed E-state index contributed by atoms with van der Waals surface area (Å²) in [6.45, 7) is 10.6. The van der Waals surface area contributed by atoms with Crippen LogP contribution in [-0.4, -0.2) is 57.5 Å². The average molecular weight is 404 g/mol. The number of nitrogens with zero attached hydrogens (tertiary/aromatic N) is 5. The molecule has 152 valence electrons. The van der Waals surface area contributed by atoms with Crippen molar-refractivity contribution in [2.24, 2.45) is 5.41 Å². The molecule has 7 nitrogen and oxygen atoms in total. The Morgan fingerprint density at radius 1 is 1.25 bits per heavy atom. The number of piperidine rings is 1. The van der Waals surface area contributed by atoms with Crippen molar-refractivity contribution in [3.63, 3.8) is 0 Å². The molecule has 4 heterocycles. The molecule has 28 heavy (non-hydrogen) atoms. The molecule has 0 bridgehead atoms. The monoisotopic (exact) mass is 403 g/mol. The van der Waals surface area contributed by atoms with E-state index in [-0.39, 0.29) is 23.3 Å². The largest absolute Gasteiger partial charge is 0.339 e. The van der Waals surface area contributed by atoms with Gasteiger partial charge in [-0.1, -0.05) is 19.0 Å². The molecule has 0 radical (unpaired) electrons. The molecule has 8 heteroatoms. The number of likely N-dealkylation sites (tertiary alicyclic amines) is 2. The van der Waals surface area contributed by atoms with Crippen LogP contribution < -0.4 is 0 Å². The van der Waals surface area contributed by atoms with E-state index >= 15 is 0 Å². The molecular weight excluding hydrogens is 374 g/mol. The highest BCUT2D eigenvalue weighted by Crippen LogP contribution is 2.48. The van der Waals surface area contributed by atoms with E-state index in [4.69, 9.17) is 4.52 Å². The molecule has 2 aromatic rings. The molecule has 4 rings (SSSR count). The summed E-state index contributed by atoms with van der Waals surface area (Å²) in [7, 11) is 2.14. The fraction of sp³-hybridized carbons (Fsp3) is 0.700. The normalized spacial score (nSPS) is 22.5. The number of carbonyl (C=O) groups is 1. The lowest BCUT2D eigenvalue weighted by Crippen LogP contribution is -2.44. The number of carbonyl (C=O) groups excluding carboxylic acids is 1. The highest BCUT2D eigenvalue weighted by molar-refractivity contribution is 7.13. The minimum absolute atomic E-state index is 0.139. The summed E-state index contributed by atoms with van der Waals surface area (Å²) in [6, 6.07) is 0.199. The van der Waals surface area contributed by atoms with E-state index in [0.717, 1.165) is 60.3 Å². The second-order valence-corrected chi connectivity index (χ2v) is 9.92. The third kappa shape index (κ3) is 3.48. The molecule has 0 aromatic carbocycles. The van der Waals surface area contributed by atoms with Crippen LogP contribution in [0.5, 0.6) is 0 Å². The number of hydrogen-bond donors (Lipinski definition) is 0. The Kier molecular flexibility index (Phi) is 5.03. The lowest BCUT2D eigenvalue weighted by atomic mass is 9.76. The Morgan fingerprint density at radius 3 is 2.54 bits per heavy atom. The van der Waals surface area contributed by atoms with Crippen LogP contribution in [0.4, 0.5) is 0 Å². The molecule has 2 aliphatic rings. The Labute approximate surface area is 170 Å². The van der Waals surface area contributed by atoms with Gasteiger partial charge in [-0.15, -0.1) is 11.3 Å². The lowest BCUT2D eigenvalue weighted by molar-refractivity contribution is 0.0597. The minimum atomic E-state index is 0.139. The Balaban J connectivity index is 1.42. The summed E-state index contributed by atoms with van der Waals surface area (Å²) in [6.07, 6.45) is 3.07. The fourth-order valence-corrected chi connectivity index (χ4v) is 5.48. The van der Waals surface area contributed by atoms with Gasteiger partial charge in [0.1, 0.15) is 4.88 Å². The van der Waals surface area contributed by atoms with E-state index in [1.54, 1.807) is 0 Å². The molecule has 0 N–H and O–H groups in total. The first-order valence-corrected chi connectivity index (χ1v) is 10.9. The van der Waals surface area contributed by atoms with Crippen molar-refractivity contribution in [1.29, 1.82) is 0 Å². The predicted octanol–water partition coefficient (Wildman–Crippen LogP) is 3.57. The third-order valence-corrected chi connectivity index (χ3v) is 7.26. The average Bonchev–Trinajstić information content (AvgIpc) is 3.33. The second-order valence-electron chi connectivity index (χ2n) is 8.72. The van der Waals surface area contributed by atoms with Gasteiger partial charge in [0.2, 0.25) is 5.89 Å². The van der Waals surface area contributed by atoms with Crippen LogP contribution >= 0.6 is 11.3 Å². The highest BCUT2D eigenvalue weighted by atomic mass is 32.1. The van der Waals surface area contributed by atoms with Crippen molar-refractivity contribution in [1.82, 2.24) is 24.9 Å². The first-order chi connectivity index (χ1) is 13.3. The number of aromatic nitrogens is 3. The van der Waals surface area contributed by atoms with Gasteiger partial charge in [-0.3, -0.25) is 9.69 Å². The van der Waals surface area contributed by atoms with Gasteiger partial charge >= 0.3 is 0 Å². The SMILES string of the molecule is Cc1nc(C)c(C(=O)N2CCC3(CC2)CC(c2noc(C(C)C)n2)N(C)C3)s1. The summed E-state index contributed by atoms with van der Waals surface area (Å²) in [4.78, 5) is 27.1. The Morgan fingerprint density at radius 2 is 1.96 bits per heavy atom. The van der Waals surface area contributed by atoms with Crippen LogP contribution in [-0.2, 0) is 0 Å². The number of hydrogen-bond acceptors (Lipinski definition) is 7. The molecule has 1 unspecified atom stereocenters. The van der Waals surface area contributed by atoms with Gasteiger partial charge in [0, 0.05) is 25.6 Å². The van der Waals surface area contributed by atoms with E-state index in [0.29, 0.717) is 5.89 Å². The Hall–Kier alpha value is -1.80. The van der Waals surface area contributed by atoms with Crippen LogP contribution in [0.15, 0.2) is 4.52 Å². The smallest absolute Gasteiger partial charge is 0.265 e. The van der Waals surface area contributed by atoms with E-state index in [2.05, 4.69) is 40.9 Å². The molecule has 2 fully saturated rings. The fourth-order valence-electron chi connectivity index (χ4n) is 4.60. The van der Waals surface area contributed by atoms with Gasteiger partial charge in [-0.2, -0.15) is 4.98 Å². The summed E-state index contributed by atoms with van der Waals surface area (Å²) < 4.78 is 5.43. The lowest BCUT2D eigenvalue weighted by Gasteiger charge is -2.39. The number of thiazole rings is 1. The summed E-state index contributed by atoms with van der Waals surface area (Å²) in [5, 5.41) is 5.20. The van der Waals surface area contributed by atoms with Gasteiger partial charge in [0.15, 0.2) is 5.82 Å². The number of rotatable bonds is 3. The zero-order chi connectivity index (χ0) is 20.1. The quantitative estimate of drug-likeness (QED) is 0.780. The van der Waals surface area contributed by atoms with E-state index < -0.39 is 0 Å². The molecule has 1 atom stereocenters. The number of aryl methyl sites for hydroxylation is 2. The van der Waals surface area contributed by atoms with Crippen LogP contribution in [0.25, 0.3) is 0 Å². The minimum Gasteiger partial charge on any atom is -0.339 e. The van der Waals surface area contributed by atoms with Crippen LogP contribution in [0.3, 0.4) is 0 Å². The van der Waals surface area contributed by atoms with Crippen molar-refractivity contribution in [3.05, 3.63) is 27.3 Å². The van der Waals surface area contributed by atoms with E-state index in [1.807, 2.05) is 18.7 Å². The summed E-state index contributed by atoms with van der Waals surface area (Å²) >= 11 is 1.50. The summed E-state index contributed by atoms with van der Waals surface area (Å²) in [5.74, 6) is 1.90. The zero-order valence-corrected chi connectivity index (χ0v) is 18.2. The van der Waals surface area contributed by atoms with Crippen molar-refractivity contribution >= 4 is 17.2 Å². The maximum Gasteiger partial charge on any atom is 0.265 e. The molecule has 2 saturated heterocycles. The van der Waals surface area contributed by atoms with Crippen molar-refractivity contribution < 1.29 is 9.32 Å². The number of amides is 1.